The van der Waals surface area contributed by atoms with E-state index in [-0.39, 0.29) is 0 Å². The van der Waals surface area contributed by atoms with Crippen LogP contribution in [-0.4, -0.2) is 36.6 Å². The Morgan fingerprint density at radius 2 is 2.12 bits per heavy atom. The third-order valence-electron chi connectivity index (χ3n) is 3.34. The molecule has 1 aliphatic rings. The minimum absolute atomic E-state index is 0.817. The van der Waals surface area contributed by atoms with Gasteiger partial charge in [-0.3, -0.25) is 4.98 Å². The zero-order valence-electron chi connectivity index (χ0n) is 10.2. The maximum Gasteiger partial charge on any atom is 0.0527 e. The Labute approximate surface area is 97.9 Å². The zero-order chi connectivity index (χ0) is 11.4. The Kier molecular flexibility index (Phi) is 3.78. The van der Waals surface area contributed by atoms with E-state index < -0.39 is 0 Å². The molecule has 1 aromatic rings. The molecule has 1 aliphatic heterocycles. The van der Waals surface area contributed by atoms with Crippen molar-refractivity contribution in [1.82, 2.24) is 9.88 Å². The van der Waals surface area contributed by atoms with Crippen molar-refractivity contribution in [3.05, 3.63) is 24.0 Å². The van der Waals surface area contributed by atoms with E-state index in [0.717, 1.165) is 23.8 Å². The van der Waals surface area contributed by atoms with Crippen LogP contribution in [0.1, 0.15) is 18.5 Å². The van der Waals surface area contributed by atoms with Crippen molar-refractivity contribution in [1.29, 1.82) is 0 Å². The lowest BCUT2D eigenvalue weighted by Crippen LogP contribution is -2.32. The maximum atomic E-state index is 4.28. The van der Waals surface area contributed by atoms with Gasteiger partial charge in [-0.1, -0.05) is 0 Å². The van der Waals surface area contributed by atoms with Gasteiger partial charge in [-0.25, -0.2) is 0 Å². The molecule has 0 radical (unpaired) electrons. The highest BCUT2D eigenvalue weighted by Crippen LogP contribution is 2.16. The number of aromatic nitrogens is 1. The van der Waals surface area contributed by atoms with E-state index in [0.29, 0.717) is 0 Å². The number of hydrogen-bond donors (Lipinski definition) is 1. The van der Waals surface area contributed by atoms with Gasteiger partial charge in [0.1, 0.15) is 0 Å². The molecule has 0 bridgehead atoms. The molecule has 3 heteroatoms. The molecule has 0 atom stereocenters. The largest absolute Gasteiger partial charge is 0.384 e. The molecule has 88 valence electrons. The SMILES string of the molecule is Cc1ccc(NCC2CCN(C)CC2)cn1. The molecule has 0 unspecified atom stereocenters. The van der Waals surface area contributed by atoms with Gasteiger partial charge in [0.05, 0.1) is 11.9 Å². The molecule has 16 heavy (non-hydrogen) atoms. The van der Waals surface area contributed by atoms with Crippen molar-refractivity contribution >= 4 is 5.69 Å². The number of nitrogens with zero attached hydrogens (tertiary/aromatic N) is 2. The molecule has 0 aromatic carbocycles. The second-order valence-corrected chi connectivity index (χ2v) is 4.82. The summed E-state index contributed by atoms with van der Waals surface area (Å²) in [6.07, 6.45) is 4.54. The average Bonchev–Trinajstić information content (AvgIpc) is 2.30. The summed E-state index contributed by atoms with van der Waals surface area (Å²) < 4.78 is 0. The second kappa shape index (κ2) is 5.30. The molecule has 1 saturated heterocycles. The molecule has 1 N–H and O–H groups in total. The van der Waals surface area contributed by atoms with Gasteiger partial charge < -0.3 is 10.2 Å². The Morgan fingerprint density at radius 3 is 2.75 bits per heavy atom. The number of nitrogens with one attached hydrogen (secondary N) is 1. The van der Waals surface area contributed by atoms with Crippen LogP contribution in [0.25, 0.3) is 0 Å². The lowest BCUT2D eigenvalue weighted by molar-refractivity contribution is 0.226. The maximum absolute atomic E-state index is 4.28. The van der Waals surface area contributed by atoms with Gasteiger partial charge in [0, 0.05) is 12.2 Å². The van der Waals surface area contributed by atoms with Crippen molar-refractivity contribution in [2.75, 3.05) is 32.0 Å². The molecule has 0 saturated carbocycles. The van der Waals surface area contributed by atoms with Gasteiger partial charge in [0.25, 0.3) is 0 Å². The highest BCUT2D eigenvalue weighted by atomic mass is 15.1. The molecule has 1 aromatic heterocycles. The van der Waals surface area contributed by atoms with E-state index in [2.05, 4.69) is 34.4 Å². The monoisotopic (exact) mass is 219 g/mol. The van der Waals surface area contributed by atoms with Crippen LogP contribution in [-0.2, 0) is 0 Å². The predicted octanol–water partition coefficient (Wildman–Crippen LogP) is 2.14. The lowest BCUT2D eigenvalue weighted by Gasteiger charge is -2.29. The van der Waals surface area contributed by atoms with Crippen molar-refractivity contribution < 1.29 is 0 Å². The van der Waals surface area contributed by atoms with Crippen molar-refractivity contribution in [3.8, 4) is 0 Å². The van der Waals surface area contributed by atoms with E-state index in [1.807, 2.05) is 13.1 Å². The van der Waals surface area contributed by atoms with E-state index in [9.17, 15) is 0 Å². The molecular weight excluding hydrogens is 198 g/mol. The van der Waals surface area contributed by atoms with E-state index in [1.54, 1.807) is 0 Å². The normalized spacial score (nSPS) is 18.6. The number of anilines is 1. The first-order chi connectivity index (χ1) is 7.74. The summed E-state index contributed by atoms with van der Waals surface area (Å²) >= 11 is 0. The van der Waals surface area contributed by atoms with Crippen LogP contribution in [0, 0.1) is 12.8 Å². The summed E-state index contributed by atoms with van der Waals surface area (Å²) in [5.74, 6) is 0.817. The number of likely N-dealkylation sites (tertiary alicyclic amines) is 1. The van der Waals surface area contributed by atoms with Gasteiger partial charge in [0.15, 0.2) is 0 Å². The molecule has 0 aliphatic carbocycles. The third kappa shape index (κ3) is 3.20. The fourth-order valence-corrected chi connectivity index (χ4v) is 2.10. The molecule has 0 spiro atoms. The van der Waals surface area contributed by atoms with Crippen LogP contribution in [0.4, 0.5) is 5.69 Å². The van der Waals surface area contributed by atoms with E-state index >= 15 is 0 Å². The van der Waals surface area contributed by atoms with E-state index in [1.165, 1.54) is 25.9 Å². The first kappa shape index (κ1) is 11.4. The average molecular weight is 219 g/mol. The number of rotatable bonds is 3. The number of piperidine rings is 1. The van der Waals surface area contributed by atoms with Gasteiger partial charge >= 0.3 is 0 Å². The fraction of sp³-hybridized carbons (Fsp3) is 0.615. The van der Waals surface area contributed by atoms with E-state index in [4.69, 9.17) is 0 Å². The summed E-state index contributed by atoms with van der Waals surface area (Å²) in [6, 6.07) is 4.16. The summed E-state index contributed by atoms with van der Waals surface area (Å²) in [7, 11) is 2.20. The minimum Gasteiger partial charge on any atom is -0.384 e. The molecule has 0 amide bonds. The lowest BCUT2D eigenvalue weighted by atomic mass is 9.97. The highest BCUT2D eigenvalue weighted by molar-refractivity contribution is 5.40. The topological polar surface area (TPSA) is 28.2 Å². The quantitative estimate of drug-likeness (QED) is 0.844. The number of aryl methyl sites for hydroxylation is 1. The van der Waals surface area contributed by atoms with Crippen LogP contribution in [0.2, 0.25) is 0 Å². The number of hydrogen-bond acceptors (Lipinski definition) is 3. The Hall–Kier alpha value is -1.09. The Morgan fingerprint density at radius 1 is 1.38 bits per heavy atom. The first-order valence-electron chi connectivity index (χ1n) is 6.09. The number of pyridine rings is 1. The summed E-state index contributed by atoms with van der Waals surface area (Å²) in [6.45, 7) is 5.57. The minimum atomic E-state index is 0.817. The van der Waals surface area contributed by atoms with Crippen molar-refractivity contribution in [2.24, 2.45) is 5.92 Å². The molecule has 2 rings (SSSR count). The van der Waals surface area contributed by atoms with Crippen LogP contribution >= 0.6 is 0 Å². The van der Waals surface area contributed by atoms with Gasteiger partial charge in [0.2, 0.25) is 0 Å². The third-order valence-corrected chi connectivity index (χ3v) is 3.34. The second-order valence-electron chi connectivity index (χ2n) is 4.82. The summed E-state index contributed by atoms with van der Waals surface area (Å²) in [4.78, 5) is 6.69. The highest BCUT2D eigenvalue weighted by Gasteiger charge is 2.15. The Balaban J connectivity index is 1.77. The summed E-state index contributed by atoms with van der Waals surface area (Å²) in [5, 5.41) is 3.48. The Bertz CT molecular complexity index is 312. The predicted molar refractivity (Wildman–Crippen MR) is 67.7 cm³/mol. The standard InChI is InChI=1S/C13H21N3/c1-11-3-4-13(10-14-11)15-9-12-5-7-16(2)8-6-12/h3-4,10,12,15H,5-9H2,1-2H3. The zero-order valence-corrected chi connectivity index (χ0v) is 10.2. The smallest absolute Gasteiger partial charge is 0.0527 e. The fourth-order valence-electron chi connectivity index (χ4n) is 2.10. The van der Waals surface area contributed by atoms with Gasteiger partial charge in [-0.2, -0.15) is 0 Å². The van der Waals surface area contributed by atoms with Crippen LogP contribution < -0.4 is 5.32 Å². The van der Waals surface area contributed by atoms with Crippen LogP contribution in [0.5, 0.6) is 0 Å². The first-order valence-corrected chi connectivity index (χ1v) is 6.09. The molecule has 3 nitrogen and oxygen atoms in total. The summed E-state index contributed by atoms with van der Waals surface area (Å²) in [5.41, 5.74) is 2.22. The van der Waals surface area contributed by atoms with Crippen molar-refractivity contribution in [3.63, 3.8) is 0 Å². The van der Waals surface area contributed by atoms with Crippen LogP contribution in [0.3, 0.4) is 0 Å². The van der Waals surface area contributed by atoms with Crippen molar-refractivity contribution in [2.45, 2.75) is 19.8 Å². The van der Waals surface area contributed by atoms with Gasteiger partial charge in [-0.15, -0.1) is 0 Å². The van der Waals surface area contributed by atoms with Gasteiger partial charge in [-0.05, 0) is 58.0 Å². The molecule has 1 fully saturated rings. The van der Waals surface area contributed by atoms with Crippen LogP contribution in [0.15, 0.2) is 18.3 Å². The molecule has 2 heterocycles. The molecular formula is C13H21N3.